The van der Waals surface area contributed by atoms with E-state index in [4.69, 9.17) is 9.98 Å². The number of carbonyl (C=O) groups is 1. The lowest BCUT2D eigenvalue weighted by molar-refractivity contribution is -0.129. The summed E-state index contributed by atoms with van der Waals surface area (Å²) in [6, 6.07) is 10.5. The summed E-state index contributed by atoms with van der Waals surface area (Å²) in [6.07, 6.45) is 7.67. The first-order valence-electron chi connectivity index (χ1n) is 10.8. The zero-order chi connectivity index (χ0) is 19.1. The maximum absolute atomic E-state index is 13.3. The second-order valence-corrected chi connectivity index (χ2v) is 8.45. The molecule has 1 fully saturated rings. The summed E-state index contributed by atoms with van der Waals surface area (Å²) in [6.45, 7) is 2.82. The van der Waals surface area contributed by atoms with Crippen LogP contribution >= 0.6 is 0 Å². The van der Waals surface area contributed by atoms with Crippen molar-refractivity contribution in [3.8, 4) is 0 Å². The van der Waals surface area contributed by atoms with Gasteiger partial charge in [0.25, 0.3) is 0 Å². The Hall–Kier alpha value is -2.43. The third kappa shape index (κ3) is 2.97. The third-order valence-corrected chi connectivity index (χ3v) is 6.46. The molecule has 0 saturated heterocycles. The normalized spacial score (nSPS) is 24.4. The monoisotopic (exact) mass is 376 g/mol. The number of aromatic amines is 1. The predicted molar refractivity (Wildman–Crippen MR) is 110 cm³/mol. The summed E-state index contributed by atoms with van der Waals surface area (Å²) >= 11 is 0. The van der Waals surface area contributed by atoms with Crippen LogP contribution in [0.5, 0.6) is 0 Å². The number of aliphatic imine (C=N–C) groups is 1. The maximum atomic E-state index is 13.3. The Morgan fingerprint density at radius 1 is 1.18 bits per heavy atom. The van der Waals surface area contributed by atoms with Crippen LogP contribution in [0.15, 0.2) is 35.3 Å². The molecule has 2 aliphatic heterocycles. The molecule has 0 bridgehead atoms. The molecule has 5 heteroatoms. The third-order valence-electron chi connectivity index (χ3n) is 6.46. The first-order chi connectivity index (χ1) is 13.7. The highest BCUT2D eigenvalue weighted by atomic mass is 16.2. The van der Waals surface area contributed by atoms with E-state index in [9.17, 15) is 4.79 Å². The molecule has 0 radical (unpaired) electrons. The van der Waals surface area contributed by atoms with E-state index in [1.165, 1.54) is 31.2 Å². The molecular formula is C23H28N4O. The number of nitrogens with one attached hydrogen (secondary N) is 1. The molecule has 3 aliphatic rings. The number of imidazole rings is 1. The summed E-state index contributed by atoms with van der Waals surface area (Å²) in [5.41, 5.74) is 3.22. The van der Waals surface area contributed by atoms with E-state index >= 15 is 0 Å². The fourth-order valence-corrected chi connectivity index (χ4v) is 5.05. The lowest BCUT2D eigenvalue weighted by Gasteiger charge is -2.29. The van der Waals surface area contributed by atoms with Gasteiger partial charge in [-0.3, -0.25) is 14.7 Å². The topological polar surface area (TPSA) is 61.4 Å². The van der Waals surface area contributed by atoms with Gasteiger partial charge in [-0.25, -0.2) is 4.98 Å². The van der Waals surface area contributed by atoms with E-state index in [1.54, 1.807) is 0 Å². The second-order valence-electron chi connectivity index (χ2n) is 8.45. The number of fused-ring (bicyclic) bond motifs is 3. The van der Waals surface area contributed by atoms with Crippen LogP contribution in [0.1, 0.15) is 80.1 Å². The van der Waals surface area contributed by atoms with E-state index in [0.717, 1.165) is 42.3 Å². The minimum atomic E-state index is -0.0999. The van der Waals surface area contributed by atoms with Gasteiger partial charge < -0.3 is 4.98 Å². The van der Waals surface area contributed by atoms with Gasteiger partial charge in [0, 0.05) is 5.92 Å². The van der Waals surface area contributed by atoms with Gasteiger partial charge in [-0.05, 0) is 31.2 Å². The maximum Gasteiger partial charge on any atom is 0.237 e. The lowest BCUT2D eigenvalue weighted by Crippen LogP contribution is -2.44. The van der Waals surface area contributed by atoms with Crippen molar-refractivity contribution < 1.29 is 4.79 Å². The van der Waals surface area contributed by atoms with Crippen LogP contribution in [0.4, 0.5) is 0 Å². The van der Waals surface area contributed by atoms with Crippen LogP contribution < -0.4 is 0 Å². The average molecular weight is 377 g/mol. The molecule has 2 atom stereocenters. The van der Waals surface area contributed by atoms with Crippen molar-refractivity contribution in [1.29, 1.82) is 0 Å². The molecule has 1 saturated carbocycles. The number of hydrogen-bond donors (Lipinski definition) is 1. The molecule has 0 spiro atoms. The van der Waals surface area contributed by atoms with Crippen LogP contribution in [0.25, 0.3) is 0 Å². The van der Waals surface area contributed by atoms with Crippen LogP contribution in [0.3, 0.4) is 0 Å². The quantitative estimate of drug-likeness (QED) is 0.851. The van der Waals surface area contributed by atoms with E-state index in [0.29, 0.717) is 12.5 Å². The first kappa shape index (κ1) is 17.7. The minimum absolute atomic E-state index is 0.0999. The Morgan fingerprint density at radius 3 is 2.71 bits per heavy atom. The molecular weight excluding hydrogens is 348 g/mol. The molecule has 146 valence electrons. The summed E-state index contributed by atoms with van der Waals surface area (Å²) in [5.74, 6) is 2.49. The van der Waals surface area contributed by atoms with Crippen LogP contribution in [0.2, 0.25) is 0 Å². The van der Waals surface area contributed by atoms with Gasteiger partial charge >= 0.3 is 0 Å². The molecule has 1 aromatic heterocycles. The Bertz CT molecular complexity index is 895. The average Bonchev–Trinajstić information content (AvgIpc) is 3.44. The van der Waals surface area contributed by atoms with Crippen LogP contribution in [0, 0.1) is 0 Å². The molecule has 1 aromatic carbocycles. The van der Waals surface area contributed by atoms with E-state index < -0.39 is 0 Å². The van der Waals surface area contributed by atoms with Gasteiger partial charge in [0.15, 0.2) is 5.84 Å². The molecule has 28 heavy (non-hydrogen) atoms. The number of rotatable bonds is 5. The molecule has 2 unspecified atom stereocenters. The Balaban J connectivity index is 1.49. The lowest BCUT2D eigenvalue weighted by atomic mass is 9.92. The highest BCUT2D eigenvalue weighted by Crippen LogP contribution is 2.38. The molecule has 1 amide bonds. The number of aromatic nitrogens is 2. The number of amidine groups is 1. The van der Waals surface area contributed by atoms with Crippen molar-refractivity contribution in [2.24, 2.45) is 4.99 Å². The van der Waals surface area contributed by atoms with Gasteiger partial charge in [0.1, 0.15) is 11.5 Å². The highest BCUT2D eigenvalue weighted by molar-refractivity contribution is 6.13. The molecule has 3 heterocycles. The Morgan fingerprint density at radius 2 is 1.96 bits per heavy atom. The fraction of sp³-hybridized carbons (Fsp3) is 0.522. The van der Waals surface area contributed by atoms with Crippen molar-refractivity contribution in [2.45, 2.75) is 69.7 Å². The molecule has 1 N–H and O–H groups in total. The van der Waals surface area contributed by atoms with Crippen molar-refractivity contribution in [1.82, 2.24) is 14.9 Å². The molecule has 2 aromatic rings. The minimum Gasteiger partial charge on any atom is -0.344 e. The number of H-pyrrole nitrogens is 1. The van der Waals surface area contributed by atoms with Gasteiger partial charge in [0.05, 0.1) is 24.2 Å². The number of nitrogens with zero attached hydrogens (tertiary/aromatic N) is 3. The number of benzene rings is 1. The fourth-order valence-electron chi connectivity index (χ4n) is 5.05. The van der Waals surface area contributed by atoms with Gasteiger partial charge in [-0.15, -0.1) is 0 Å². The SMILES string of the molecule is CCCC1C(=O)N2CC(Cc3ccccc3)N=C2c2nc(C3CCCC3)[nH]c21. The standard InChI is InChI=1S/C23H28N4O/c1-2-8-18-19-20(26-21(25-19)16-11-6-7-12-16)22-24-17(14-27(22)23(18)28)13-15-9-4-3-5-10-15/h3-5,9-10,16-18H,2,6-8,11-14H2,1H3,(H,25,26). The largest absolute Gasteiger partial charge is 0.344 e. The van der Waals surface area contributed by atoms with Crippen molar-refractivity contribution in [3.63, 3.8) is 0 Å². The zero-order valence-corrected chi connectivity index (χ0v) is 16.5. The van der Waals surface area contributed by atoms with Crippen molar-refractivity contribution in [2.75, 3.05) is 6.54 Å². The number of amides is 1. The molecule has 5 rings (SSSR count). The van der Waals surface area contributed by atoms with E-state index in [1.807, 2.05) is 11.0 Å². The Kier molecular flexibility index (Phi) is 4.53. The highest BCUT2D eigenvalue weighted by Gasteiger charge is 2.44. The smallest absolute Gasteiger partial charge is 0.237 e. The number of carbonyl (C=O) groups excluding carboxylic acids is 1. The second kappa shape index (κ2) is 7.19. The Labute approximate surface area is 166 Å². The summed E-state index contributed by atoms with van der Waals surface area (Å²) in [5, 5.41) is 0. The first-order valence-corrected chi connectivity index (χ1v) is 10.8. The van der Waals surface area contributed by atoms with Gasteiger partial charge in [0.2, 0.25) is 5.91 Å². The van der Waals surface area contributed by atoms with E-state index in [-0.39, 0.29) is 17.9 Å². The van der Waals surface area contributed by atoms with Crippen molar-refractivity contribution in [3.05, 3.63) is 53.1 Å². The summed E-state index contributed by atoms with van der Waals surface area (Å²) < 4.78 is 0. The van der Waals surface area contributed by atoms with Crippen molar-refractivity contribution >= 4 is 11.7 Å². The van der Waals surface area contributed by atoms with Crippen LogP contribution in [-0.4, -0.2) is 39.2 Å². The molecule has 1 aliphatic carbocycles. The molecule has 5 nitrogen and oxygen atoms in total. The number of hydrogen-bond acceptors (Lipinski definition) is 3. The van der Waals surface area contributed by atoms with Gasteiger partial charge in [-0.2, -0.15) is 0 Å². The summed E-state index contributed by atoms with van der Waals surface area (Å²) in [4.78, 5) is 28.8. The van der Waals surface area contributed by atoms with Crippen LogP contribution in [-0.2, 0) is 11.2 Å². The summed E-state index contributed by atoms with van der Waals surface area (Å²) in [7, 11) is 0. The predicted octanol–water partition coefficient (Wildman–Crippen LogP) is 4.16. The van der Waals surface area contributed by atoms with E-state index in [2.05, 4.69) is 36.2 Å². The zero-order valence-electron chi connectivity index (χ0n) is 16.5. The van der Waals surface area contributed by atoms with Gasteiger partial charge in [-0.1, -0.05) is 56.5 Å².